The molecule has 3 aromatic rings. The van der Waals surface area contributed by atoms with Gasteiger partial charge in [-0.15, -0.1) is 5.10 Å². The van der Waals surface area contributed by atoms with Crippen molar-refractivity contribution in [3.63, 3.8) is 0 Å². The molecule has 1 amide bonds. The minimum atomic E-state index is -1.38. The van der Waals surface area contributed by atoms with Gasteiger partial charge in [-0.3, -0.25) is 4.79 Å². The van der Waals surface area contributed by atoms with E-state index in [1.54, 1.807) is 0 Å². The van der Waals surface area contributed by atoms with Crippen LogP contribution in [0.3, 0.4) is 0 Å². The van der Waals surface area contributed by atoms with Crippen molar-refractivity contribution in [1.82, 2.24) is 5.01 Å². The first-order valence-electron chi connectivity index (χ1n) is 13.4. The van der Waals surface area contributed by atoms with E-state index in [9.17, 15) is 13.6 Å². The van der Waals surface area contributed by atoms with Crippen LogP contribution in [-0.4, -0.2) is 23.4 Å². The number of nitrogens with two attached hydrogens (primary N) is 1. The summed E-state index contributed by atoms with van der Waals surface area (Å²) >= 11 is 0. The molecular weight excluding hydrogens is 496 g/mol. The van der Waals surface area contributed by atoms with E-state index in [1.165, 1.54) is 5.01 Å². The van der Waals surface area contributed by atoms with Crippen LogP contribution in [-0.2, 0) is 21.7 Å². The SMILES string of the molecule is Cc1ccccc1CC(C)(C(=O)N1N=C(c2cc(F)ccc2F)OC1(CCCN)c1ccccc1C)C(C)C. The smallest absolute Gasteiger partial charge is 0.253 e. The molecule has 0 fully saturated rings. The molecule has 39 heavy (non-hydrogen) atoms. The Morgan fingerprint density at radius 3 is 2.36 bits per heavy atom. The van der Waals surface area contributed by atoms with Crippen molar-refractivity contribution in [2.45, 2.75) is 59.6 Å². The van der Waals surface area contributed by atoms with E-state index in [-0.39, 0.29) is 23.3 Å². The van der Waals surface area contributed by atoms with Crippen molar-refractivity contribution < 1.29 is 18.3 Å². The number of hydrogen-bond acceptors (Lipinski definition) is 4. The zero-order valence-corrected chi connectivity index (χ0v) is 23.3. The summed E-state index contributed by atoms with van der Waals surface area (Å²) < 4.78 is 35.7. The zero-order valence-electron chi connectivity index (χ0n) is 23.3. The Bertz CT molecular complexity index is 1390. The maximum absolute atomic E-state index is 15.0. The molecule has 0 saturated carbocycles. The molecule has 7 heteroatoms. The highest BCUT2D eigenvalue weighted by atomic mass is 19.1. The molecular formula is C32H37F2N3O2. The van der Waals surface area contributed by atoms with E-state index in [0.717, 1.165) is 40.5 Å². The number of aryl methyl sites for hydroxylation is 2. The number of hydrogen-bond donors (Lipinski definition) is 1. The number of benzene rings is 3. The molecule has 0 saturated heterocycles. The van der Waals surface area contributed by atoms with Crippen LogP contribution in [0.25, 0.3) is 0 Å². The van der Waals surface area contributed by atoms with Gasteiger partial charge in [-0.25, -0.2) is 8.78 Å². The standard InChI is InChI=1S/C32H37F2N3O2/c1-21(2)31(5,20-24-13-8-6-11-22(24)3)30(38)37-32(17-10-18-35,27-14-9-7-12-23(27)4)39-29(36-37)26-19-25(33)15-16-28(26)34/h6-9,11-16,19,21H,10,17-18,20,35H2,1-5H3. The van der Waals surface area contributed by atoms with E-state index in [0.29, 0.717) is 25.8 Å². The predicted octanol–water partition coefficient (Wildman–Crippen LogP) is 6.60. The maximum atomic E-state index is 15.0. The predicted molar refractivity (Wildman–Crippen MR) is 150 cm³/mol. The Hall–Kier alpha value is -3.58. The minimum Gasteiger partial charge on any atom is -0.443 e. The molecule has 5 nitrogen and oxygen atoms in total. The van der Waals surface area contributed by atoms with Gasteiger partial charge < -0.3 is 10.5 Å². The van der Waals surface area contributed by atoms with E-state index in [1.807, 2.05) is 83.1 Å². The molecule has 0 spiro atoms. The zero-order chi connectivity index (χ0) is 28.4. The molecule has 2 unspecified atom stereocenters. The fourth-order valence-corrected chi connectivity index (χ4v) is 5.16. The van der Waals surface area contributed by atoms with Gasteiger partial charge in [0.2, 0.25) is 11.6 Å². The lowest BCUT2D eigenvalue weighted by Gasteiger charge is -2.42. The highest BCUT2D eigenvalue weighted by Crippen LogP contribution is 2.46. The number of amides is 1. The van der Waals surface area contributed by atoms with E-state index >= 15 is 0 Å². The Morgan fingerprint density at radius 2 is 1.72 bits per heavy atom. The van der Waals surface area contributed by atoms with Crippen LogP contribution in [0.15, 0.2) is 71.8 Å². The molecule has 1 heterocycles. The van der Waals surface area contributed by atoms with Gasteiger partial charge in [0.1, 0.15) is 11.6 Å². The first-order chi connectivity index (χ1) is 18.5. The molecule has 1 aliphatic rings. The van der Waals surface area contributed by atoms with Gasteiger partial charge in [0.15, 0.2) is 0 Å². The largest absolute Gasteiger partial charge is 0.443 e. The number of rotatable bonds is 9. The van der Waals surface area contributed by atoms with Crippen LogP contribution in [0.1, 0.15) is 61.4 Å². The number of hydrazone groups is 1. The summed E-state index contributed by atoms with van der Waals surface area (Å²) in [5.41, 5.74) is 7.30. The third-order valence-corrected chi connectivity index (χ3v) is 8.02. The lowest BCUT2D eigenvalue weighted by molar-refractivity contribution is -0.165. The van der Waals surface area contributed by atoms with Crippen LogP contribution >= 0.6 is 0 Å². The Balaban J connectivity index is 1.92. The Kier molecular flexibility index (Phi) is 8.21. The van der Waals surface area contributed by atoms with Gasteiger partial charge in [0.05, 0.1) is 11.0 Å². The van der Waals surface area contributed by atoms with Crippen molar-refractivity contribution in [3.8, 4) is 0 Å². The van der Waals surface area contributed by atoms with Crippen LogP contribution in [0.5, 0.6) is 0 Å². The van der Waals surface area contributed by atoms with Gasteiger partial charge in [-0.1, -0.05) is 69.3 Å². The quantitative estimate of drug-likeness (QED) is 0.337. The lowest BCUT2D eigenvalue weighted by Crippen LogP contribution is -2.52. The van der Waals surface area contributed by atoms with Crippen molar-refractivity contribution in [3.05, 3.63) is 106 Å². The molecule has 3 aromatic carbocycles. The number of halogens is 2. The number of nitrogens with zero attached hydrogens (tertiary/aromatic N) is 2. The normalized spacial score (nSPS) is 18.6. The molecule has 0 radical (unpaired) electrons. The maximum Gasteiger partial charge on any atom is 0.253 e. The Labute approximate surface area is 229 Å². The molecule has 2 atom stereocenters. The van der Waals surface area contributed by atoms with E-state index in [4.69, 9.17) is 10.5 Å². The summed E-state index contributed by atoms with van der Waals surface area (Å²) in [4.78, 5) is 14.8. The van der Waals surface area contributed by atoms with Crippen molar-refractivity contribution in [2.24, 2.45) is 22.2 Å². The molecule has 2 N–H and O–H groups in total. The van der Waals surface area contributed by atoms with E-state index in [2.05, 4.69) is 5.10 Å². The molecule has 0 bridgehead atoms. The summed E-state index contributed by atoms with van der Waals surface area (Å²) in [5.74, 6) is -1.78. The summed E-state index contributed by atoms with van der Waals surface area (Å²) in [5, 5.41) is 6.01. The van der Waals surface area contributed by atoms with Crippen LogP contribution in [0.4, 0.5) is 8.78 Å². The number of ether oxygens (including phenoxy) is 1. The summed E-state index contributed by atoms with van der Waals surface area (Å²) in [7, 11) is 0. The van der Waals surface area contributed by atoms with Crippen LogP contribution in [0.2, 0.25) is 0 Å². The van der Waals surface area contributed by atoms with Crippen molar-refractivity contribution >= 4 is 11.8 Å². The first-order valence-corrected chi connectivity index (χ1v) is 13.4. The first kappa shape index (κ1) is 28.4. The van der Waals surface area contributed by atoms with Gasteiger partial charge >= 0.3 is 0 Å². The lowest BCUT2D eigenvalue weighted by atomic mass is 9.72. The third-order valence-electron chi connectivity index (χ3n) is 8.02. The molecule has 0 aliphatic carbocycles. The fraction of sp³-hybridized carbons (Fsp3) is 0.375. The highest BCUT2D eigenvalue weighted by Gasteiger charge is 2.54. The van der Waals surface area contributed by atoms with Crippen molar-refractivity contribution in [1.29, 1.82) is 0 Å². The second-order valence-electron chi connectivity index (χ2n) is 10.9. The molecule has 4 rings (SSSR count). The molecule has 0 aromatic heterocycles. The summed E-state index contributed by atoms with van der Waals surface area (Å²) in [6.45, 7) is 10.3. The fourth-order valence-electron chi connectivity index (χ4n) is 5.16. The second-order valence-corrected chi connectivity index (χ2v) is 10.9. The monoisotopic (exact) mass is 533 g/mol. The van der Waals surface area contributed by atoms with Gasteiger partial charge in [0, 0.05) is 12.0 Å². The Morgan fingerprint density at radius 1 is 1.05 bits per heavy atom. The second kappa shape index (κ2) is 11.3. The topological polar surface area (TPSA) is 67.9 Å². The number of carbonyl (C=O) groups excluding carboxylic acids is 1. The summed E-state index contributed by atoms with van der Waals surface area (Å²) in [6, 6.07) is 18.7. The highest BCUT2D eigenvalue weighted by molar-refractivity contribution is 5.98. The van der Waals surface area contributed by atoms with Crippen LogP contribution in [0, 0.1) is 36.8 Å². The van der Waals surface area contributed by atoms with Gasteiger partial charge in [-0.2, -0.15) is 5.01 Å². The van der Waals surface area contributed by atoms with Gasteiger partial charge in [0.25, 0.3) is 5.91 Å². The number of carbonyl (C=O) groups is 1. The van der Waals surface area contributed by atoms with Crippen molar-refractivity contribution in [2.75, 3.05) is 6.54 Å². The average molecular weight is 534 g/mol. The molecule has 1 aliphatic heterocycles. The molecule has 206 valence electrons. The van der Waals surface area contributed by atoms with Crippen LogP contribution < -0.4 is 5.73 Å². The average Bonchev–Trinajstić information content (AvgIpc) is 3.29. The minimum absolute atomic E-state index is 0.0705. The summed E-state index contributed by atoms with van der Waals surface area (Å²) in [6.07, 6.45) is 1.32. The van der Waals surface area contributed by atoms with E-state index < -0.39 is 22.8 Å². The third kappa shape index (κ3) is 5.33. The van der Waals surface area contributed by atoms with Gasteiger partial charge in [-0.05, 0) is 74.0 Å².